The van der Waals surface area contributed by atoms with Crippen molar-refractivity contribution >= 4 is 34.3 Å². The maximum atomic E-state index is 12.1. The Morgan fingerprint density at radius 2 is 2.25 bits per heavy atom. The Kier molecular flexibility index (Phi) is 5.31. The third-order valence-electron chi connectivity index (χ3n) is 2.93. The fourth-order valence-electron chi connectivity index (χ4n) is 1.93. The average Bonchev–Trinajstić information content (AvgIpc) is 2.85. The van der Waals surface area contributed by atoms with Gasteiger partial charge in [-0.1, -0.05) is 0 Å². The SMILES string of the molecule is Nc1ccc2c(C(=O)NCCSCCCO)c[nH]c2c1. The highest BCUT2D eigenvalue weighted by Gasteiger charge is 2.11. The van der Waals surface area contributed by atoms with Crippen LogP contribution in [0.3, 0.4) is 0 Å². The molecular weight excluding hydrogens is 274 g/mol. The lowest BCUT2D eigenvalue weighted by atomic mass is 10.1. The lowest BCUT2D eigenvalue weighted by molar-refractivity contribution is 0.0958. The van der Waals surface area contributed by atoms with Crippen LogP contribution in [0.15, 0.2) is 24.4 Å². The highest BCUT2D eigenvalue weighted by Crippen LogP contribution is 2.20. The largest absolute Gasteiger partial charge is 0.399 e. The second-order valence-electron chi connectivity index (χ2n) is 4.45. The van der Waals surface area contributed by atoms with Crippen LogP contribution in [0, 0.1) is 0 Å². The zero-order chi connectivity index (χ0) is 14.4. The minimum Gasteiger partial charge on any atom is -0.399 e. The zero-order valence-electron chi connectivity index (χ0n) is 11.2. The molecule has 0 saturated carbocycles. The van der Waals surface area contributed by atoms with Crippen LogP contribution < -0.4 is 11.1 Å². The number of nitrogen functional groups attached to an aromatic ring is 1. The maximum absolute atomic E-state index is 12.1. The molecule has 1 amide bonds. The number of carbonyl (C=O) groups excluding carboxylic acids is 1. The Morgan fingerprint density at radius 3 is 3.05 bits per heavy atom. The van der Waals surface area contributed by atoms with Crippen LogP contribution in [0.25, 0.3) is 10.9 Å². The van der Waals surface area contributed by atoms with Crippen LogP contribution in [-0.2, 0) is 0 Å². The summed E-state index contributed by atoms with van der Waals surface area (Å²) in [4.78, 5) is 15.1. The molecule has 0 radical (unpaired) electrons. The molecule has 2 aromatic rings. The summed E-state index contributed by atoms with van der Waals surface area (Å²) in [6, 6.07) is 5.46. The fraction of sp³-hybridized carbons (Fsp3) is 0.357. The van der Waals surface area contributed by atoms with Crippen molar-refractivity contribution < 1.29 is 9.90 Å². The Balaban J connectivity index is 1.88. The number of hydrogen-bond acceptors (Lipinski definition) is 4. The van der Waals surface area contributed by atoms with Gasteiger partial charge in [-0.3, -0.25) is 4.79 Å². The van der Waals surface area contributed by atoms with Gasteiger partial charge in [-0.2, -0.15) is 11.8 Å². The van der Waals surface area contributed by atoms with Crippen LogP contribution in [0.1, 0.15) is 16.8 Å². The van der Waals surface area contributed by atoms with Gasteiger partial charge >= 0.3 is 0 Å². The molecule has 0 aliphatic heterocycles. The van der Waals surface area contributed by atoms with Crippen LogP contribution in [0.2, 0.25) is 0 Å². The van der Waals surface area contributed by atoms with Gasteiger partial charge in [-0.05, 0) is 30.4 Å². The number of rotatable bonds is 7. The zero-order valence-corrected chi connectivity index (χ0v) is 12.0. The molecule has 1 heterocycles. The fourth-order valence-corrected chi connectivity index (χ4v) is 2.72. The molecule has 0 unspecified atom stereocenters. The monoisotopic (exact) mass is 293 g/mol. The minimum absolute atomic E-state index is 0.0798. The number of aliphatic hydroxyl groups is 1. The van der Waals surface area contributed by atoms with Crippen molar-refractivity contribution in [3.63, 3.8) is 0 Å². The van der Waals surface area contributed by atoms with Crippen molar-refractivity contribution in [2.75, 3.05) is 30.4 Å². The van der Waals surface area contributed by atoms with E-state index in [9.17, 15) is 4.79 Å². The van der Waals surface area contributed by atoms with E-state index in [1.807, 2.05) is 12.1 Å². The number of thioether (sulfide) groups is 1. The lowest BCUT2D eigenvalue weighted by Gasteiger charge is -2.04. The Morgan fingerprint density at radius 1 is 1.40 bits per heavy atom. The second-order valence-corrected chi connectivity index (χ2v) is 5.68. The third-order valence-corrected chi connectivity index (χ3v) is 4.00. The molecule has 0 atom stereocenters. The van der Waals surface area contributed by atoms with Gasteiger partial charge in [-0.25, -0.2) is 0 Å². The van der Waals surface area contributed by atoms with Crippen molar-refractivity contribution in [3.8, 4) is 0 Å². The smallest absolute Gasteiger partial charge is 0.253 e. The van der Waals surface area contributed by atoms with E-state index in [-0.39, 0.29) is 12.5 Å². The number of aromatic amines is 1. The number of fused-ring (bicyclic) bond motifs is 1. The predicted octanol–water partition coefficient (Wildman–Crippen LogP) is 1.60. The van der Waals surface area contributed by atoms with Crippen molar-refractivity contribution in [3.05, 3.63) is 30.0 Å². The normalized spacial score (nSPS) is 10.8. The van der Waals surface area contributed by atoms with E-state index in [2.05, 4.69) is 10.3 Å². The molecule has 0 aliphatic carbocycles. The molecule has 5 N–H and O–H groups in total. The topological polar surface area (TPSA) is 91.1 Å². The van der Waals surface area contributed by atoms with Crippen LogP contribution in [-0.4, -0.2) is 40.7 Å². The van der Waals surface area contributed by atoms with E-state index in [4.69, 9.17) is 10.8 Å². The van der Waals surface area contributed by atoms with Gasteiger partial charge in [0.25, 0.3) is 5.91 Å². The summed E-state index contributed by atoms with van der Waals surface area (Å²) >= 11 is 1.72. The summed E-state index contributed by atoms with van der Waals surface area (Å²) < 4.78 is 0. The molecule has 1 aromatic heterocycles. The summed E-state index contributed by atoms with van der Waals surface area (Å²) in [5.74, 6) is 1.68. The van der Waals surface area contributed by atoms with Gasteiger partial charge in [0.15, 0.2) is 0 Å². The number of hydrogen-bond donors (Lipinski definition) is 4. The van der Waals surface area contributed by atoms with Gasteiger partial charge in [0.1, 0.15) is 0 Å². The first-order chi connectivity index (χ1) is 9.72. The Bertz CT molecular complexity index is 583. The minimum atomic E-state index is -0.0798. The second kappa shape index (κ2) is 7.21. The number of H-pyrrole nitrogens is 1. The van der Waals surface area contributed by atoms with Gasteiger partial charge in [0.2, 0.25) is 0 Å². The van der Waals surface area contributed by atoms with Gasteiger partial charge < -0.3 is 21.1 Å². The quantitative estimate of drug-likeness (QED) is 0.461. The molecule has 2 rings (SSSR count). The van der Waals surface area contributed by atoms with E-state index in [1.54, 1.807) is 24.0 Å². The van der Waals surface area contributed by atoms with Crippen LogP contribution >= 0.6 is 11.8 Å². The third kappa shape index (κ3) is 3.68. The van der Waals surface area contributed by atoms with Crippen molar-refractivity contribution in [2.45, 2.75) is 6.42 Å². The van der Waals surface area contributed by atoms with E-state index in [0.29, 0.717) is 17.8 Å². The molecule has 6 heteroatoms. The van der Waals surface area contributed by atoms with Crippen LogP contribution in [0.5, 0.6) is 0 Å². The predicted molar refractivity (Wildman–Crippen MR) is 84.1 cm³/mol. The highest BCUT2D eigenvalue weighted by atomic mass is 32.2. The number of benzene rings is 1. The van der Waals surface area contributed by atoms with E-state index in [1.165, 1.54) is 0 Å². The number of nitrogens with two attached hydrogens (primary N) is 1. The standard InChI is InChI=1S/C14H19N3O2S/c15-10-2-3-11-12(9-17-13(11)8-10)14(19)16-4-7-20-6-1-5-18/h2-3,8-9,17-18H,1,4-7,15H2,(H,16,19). The maximum Gasteiger partial charge on any atom is 0.253 e. The van der Waals surface area contributed by atoms with E-state index >= 15 is 0 Å². The van der Waals surface area contributed by atoms with Crippen molar-refractivity contribution in [1.29, 1.82) is 0 Å². The highest BCUT2D eigenvalue weighted by molar-refractivity contribution is 7.99. The first-order valence-electron chi connectivity index (χ1n) is 6.56. The number of aliphatic hydroxyl groups excluding tert-OH is 1. The van der Waals surface area contributed by atoms with Gasteiger partial charge in [0, 0.05) is 41.7 Å². The summed E-state index contributed by atoms with van der Waals surface area (Å²) in [6.45, 7) is 0.842. The Hall–Kier alpha value is -1.66. The number of carbonyl (C=O) groups is 1. The average molecular weight is 293 g/mol. The molecule has 108 valence electrons. The van der Waals surface area contributed by atoms with Crippen molar-refractivity contribution in [1.82, 2.24) is 10.3 Å². The van der Waals surface area contributed by atoms with Gasteiger partial charge in [-0.15, -0.1) is 0 Å². The van der Waals surface area contributed by atoms with Gasteiger partial charge in [0.05, 0.1) is 5.56 Å². The lowest BCUT2D eigenvalue weighted by Crippen LogP contribution is -2.25. The molecule has 0 saturated heterocycles. The molecular formula is C14H19N3O2S. The first kappa shape index (κ1) is 14.7. The number of aromatic nitrogens is 1. The summed E-state index contributed by atoms with van der Waals surface area (Å²) in [6.07, 6.45) is 2.50. The molecule has 0 bridgehead atoms. The number of anilines is 1. The number of nitrogens with one attached hydrogen (secondary N) is 2. The molecule has 1 aromatic carbocycles. The first-order valence-corrected chi connectivity index (χ1v) is 7.71. The molecule has 20 heavy (non-hydrogen) atoms. The summed E-state index contributed by atoms with van der Waals surface area (Å²) in [7, 11) is 0. The molecule has 0 spiro atoms. The number of amides is 1. The van der Waals surface area contributed by atoms with E-state index < -0.39 is 0 Å². The summed E-state index contributed by atoms with van der Waals surface area (Å²) in [5.41, 5.74) is 7.89. The van der Waals surface area contributed by atoms with Crippen LogP contribution in [0.4, 0.5) is 5.69 Å². The summed E-state index contributed by atoms with van der Waals surface area (Å²) in [5, 5.41) is 12.4. The molecule has 0 aliphatic rings. The van der Waals surface area contributed by atoms with E-state index in [0.717, 1.165) is 28.8 Å². The Labute approximate surface area is 121 Å². The van der Waals surface area contributed by atoms with Crippen molar-refractivity contribution in [2.24, 2.45) is 0 Å². The molecule has 0 fully saturated rings. The molecule has 5 nitrogen and oxygen atoms in total.